The molecule has 3 aromatic heterocycles. The Morgan fingerprint density at radius 1 is 0.426 bits per heavy atom. The van der Waals surface area contributed by atoms with Gasteiger partial charge in [0.05, 0.1) is 21.3 Å². The second kappa shape index (κ2) is 12.3. The first kappa shape index (κ1) is 30.7. The number of hydrogen-bond acceptors (Lipinski definition) is 5. The van der Waals surface area contributed by atoms with E-state index in [1.165, 1.54) is 0 Å². The molecule has 0 aliphatic rings. The Bertz CT molecular complexity index is 3160. The van der Waals surface area contributed by atoms with E-state index in [0.29, 0.717) is 0 Å². The summed E-state index contributed by atoms with van der Waals surface area (Å²) < 4.78 is 14.0. The summed E-state index contributed by atoms with van der Waals surface area (Å²) in [7, 11) is 0. The molecule has 11 rings (SSSR count). The van der Waals surface area contributed by atoms with Gasteiger partial charge in [-0.05, 0) is 77.4 Å². The molecule has 0 aliphatic carbocycles. The van der Waals surface area contributed by atoms with Crippen LogP contribution in [0.4, 0.5) is 17.1 Å². The molecule has 0 unspecified atom stereocenters. The first-order valence-electron chi connectivity index (χ1n) is 18.0. The van der Waals surface area contributed by atoms with Crippen molar-refractivity contribution >= 4 is 82.5 Å². The third-order valence-corrected chi connectivity index (χ3v) is 11.4. The maximum Gasteiger partial charge on any atom is 0.137 e. The van der Waals surface area contributed by atoms with E-state index in [9.17, 15) is 0 Å². The Morgan fingerprint density at radius 2 is 1.07 bits per heavy atom. The van der Waals surface area contributed by atoms with Crippen molar-refractivity contribution in [2.45, 2.75) is 0 Å². The van der Waals surface area contributed by atoms with Crippen LogP contribution in [0.1, 0.15) is 0 Å². The van der Waals surface area contributed by atoms with Gasteiger partial charge in [0, 0.05) is 44.7 Å². The predicted molar refractivity (Wildman–Crippen MR) is 225 cm³/mol. The molecule has 0 atom stereocenters. The average molecular weight is 711 g/mol. The summed E-state index contributed by atoms with van der Waals surface area (Å²) in [6.45, 7) is 0. The van der Waals surface area contributed by atoms with Gasteiger partial charge in [0.2, 0.25) is 0 Å². The van der Waals surface area contributed by atoms with Crippen LogP contribution in [0.15, 0.2) is 191 Å². The van der Waals surface area contributed by atoms with Crippen LogP contribution in [-0.4, -0.2) is 4.98 Å². The van der Waals surface area contributed by atoms with Gasteiger partial charge in [-0.15, -0.1) is 11.3 Å². The third-order valence-electron chi connectivity index (χ3n) is 10.3. The lowest BCUT2D eigenvalue weighted by Gasteiger charge is -2.28. The third kappa shape index (κ3) is 5.01. The van der Waals surface area contributed by atoms with Crippen LogP contribution >= 0.6 is 11.3 Å². The van der Waals surface area contributed by atoms with Gasteiger partial charge in [-0.3, -0.25) is 0 Å². The van der Waals surface area contributed by atoms with E-state index >= 15 is 0 Å². The number of furan rings is 2. The molecule has 3 heterocycles. The summed E-state index contributed by atoms with van der Waals surface area (Å²) in [4.78, 5) is 7.41. The largest absolute Gasteiger partial charge is 0.456 e. The highest BCUT2D eigenvalue weighted by Crippen LogP contribution is 2.44. The molecule has 254 valence electrons. The summed E-state index contributed by atoms with van der Waals surface area (Å²) in [6, 6.07) is 63.8. The van der Waals surface area contributed by atoms with E-state index in [1.807, 2.05) is 18.2 Å². The second-order valence-corrected chi connectivity index (χ2v) is 14.6. The fourth-order valence-corrected chi connectivity index (χ4v) is 8.73. The maximum absolute atomic E-state index is 6.47. The van der Waals surface area contributed by atoms with E-state index in [2.05, 4.69) is 169 Å². The number of fused-ring (bicyclic) bond motifs is 8. The van der Waals surface area contributed by atoms with E-state index in [0.717, 1.165) is 104 Å². The van der Waals surface area contributed by atoms with Crippen molar-refractivity contribution in [3.05, 3.63) is 182 Å². The van der Waals surface area contributed by atoms with Crippen molar-refractivity contribution < 1.29 is 8.83 Å². The van der Waals surface area contributed by atoms with E-state index in [-0.39, 0.29) is 0 Å². The molecular formula is C49H30N2O2S. The van der Waals surface area contributed by atoms with Crippen molar-refractivity contribution in [3.8, 4) is 32.8 Å². The van der Waals surface area contributed by atoms with Gasteiger partial charge in [0.25, 0.3) is 0 Å². The number of benzene rings is 8. The van der Waals surface area contributed by atoms with Crippen molar-refractivity contribution in [2.75, 3.05) is 4.90 Å². The molecule has 0 aliphatic heterocycles. The van der Waals surface area contributed by atoms with E-state index in [1.54, 1.807) is 11.3 Å². The lowest BCUT2D eigenvalue weighted by molar-refractivity contribution is 0.668. The highest BCUT2D eigenvalue weighted by Gasteiger charge is 2.20. The second-order valence-electron chi connectivity index (χ2n) is 13.5. The minimum atomic E-state index is 0.851. The quantitative estimate of drug-likeness (QED) is 0.172. The zero-order valence-corrected chi connectivity index (χ0v) is 29.8. The normalized spacial score (nSPS) is 11.7. The number of hydrogen-bond donors (Lipinski definition) is 0. The Balaban J connectivity index is 1.01. The lowest BCUT2D eigenvalue weighted by Crippen LogP contribution is -2.11. The molecule has 11 aromatic rings. The predicted octanol–water partition coefficient (Wildman–Crippen LogP) is 14.6. The van der Waals surface area contributed by atoms with E-state index in [4.69, 9.17) is 13.8 Å². The summed E-state index contributed by atoms with van der Waals surface area (Å²) >= 11 is 1.72. The van der Waals surface area contributed by atoms with Gasteiger partial charge in [-0.1, -0.05) is 115 Å². The van der Waals surface area contributed by atoms with Crippen LogP contribution < -0.4 is 4.90 Å². The highest BCUT2D eigenvalue weighted by molar-refractivity contribution is 7.21. The minimum absolute atomic E-state index is 0.851. The molecule has 4 nitrogen and oxygen atoms in total. The number of nitrogens with zero attached hydrogens (tertiary/aromatic N) is 2. The van der Waals surface area contributed by atoms with Gasteiger partial charge in [-0.2, -0.15) is 0 Å². The minimum Gasteiger partial charge on any atom is -0.456 e. The molecule has 0 radical (unpaired) electrons. The number of rotatable bonds is 6. The summed E-state index contributed by atoms with van der Waals surface area (Å²) in [6.07, 6.45) is 0. The molecule has 0 fully saturated rings. The monoisotopic (exact) mass is 710 g/mol. The standard InChI is InChI=1S/C49H30N2O2S/c1-3-11-32(12-4-1)37-15-7-9-17-41(37)51(36-24-26-39-38-16-8-10-18-42(38)52-45(39)30-36)35-22-19-31(20-23-35)34-21-25-40-44(29-34)53-43-27-28-46-48(47(40)43)50-49(54-46)33-13-5-2-6-14-33/h1-30H. The van der Waals surface area contributed by atoms with Gasteiger partial charge in [-0.25, -0.2) is 4.98 Å². The summed E-state index contributed by atoms with van der Waals surface area (Å²) in [5.41, 5.74) is 13.2. The van der Waals surface area contributed by atoms with Crippen molar-refractivity contribution in [3.63, 3.8) is 0 Å². The summed E-state index contributed by atoms with van der Waals surface area (Å²) in [5, 5.41) is 5.38. The zero-order valence-electron chi connectivity index (χ0n) is 28.9. The average Bonchev–Trinajstić information content (AvgIpc) is 3.95. The molecule has 0 spiro atoms. The van der Waals surface area contributed by atoms with Crippen LogP contribution in [-0.2, 0) is 0 Å². The van der Waals surface area contributed by atoms with Gasteiger partial charge in [0.1, 0.15) is 27.3 Å². The Morgan fingerprint density at radius 3 is 1.93 bits per heavy atom. The van der Waals surface area contributed by atoms with Crippen LogP contribution in [0.3, 0.4) is 0 Å². The highest BCUT2D eigenvalue weighted by atomic mass is 32.1. The molecule has 0 bridgehead atoms. The van der Waals surface area contributed by atoms with Crippen molar-refractivity contribution in [2.24, 2.45) is 0 Å². The van der Waals surface area contributed by atoms with Gasteiger partial charge in [0.15, 0.2) is 0 Å². The zero-order chi connectivity index (χ0) is 35.6. The molecule has 8 aromatic carbocycles. The molecule has 0 saturated carbocycles. The fourth-order valence-electron chi connectivity index (χ4n) is 7.75. The number of thiazole rings is 1. The molecule has 5 heteroatoms. The summed E-state index contributed by atoms with van der Waals surface area (Å²) in [5.74, 6) is 0. The Labute approximate surface area is 314 Å². The van der Waals surface area contributed by atoms with Gasteiger partial charge >= 0.3 is 0 Å². The molecular weight excluding hydrogens is 681 g/mol. The Kier molecular flexibility index (Phi) is 7.00. The maximum atomic E-state index is 6.47. The first-order valence-corrected chi connectivity index (χ1v) is 18.8. The Hall–Kier alpha value is -6.95. The SMILES string of the molecule is c1ccc(-c2nc3c(ccc4oc5cc(-c6ccc(N(c7ccc8c(c7)oc7ccccc78)c7ccccc7-c7ccccc7)cc6)ccc5c43)s2)cc1. The van der Waals surface area contributed by atoms with E-state index < -0.39 is 0 Å². The van der Waals surface area contributed by atoms with Crippen LogP contribution in [0.5, 0.6) is 0 Å². The molecule has 54 heavy (non-hydrogen) atoms. The fraction of sp³-hybridized carbons (Fsp3) is 0. The first-order chi connectivity index (χ1) is 26.7. The van der Waals surface area contributed by atoms with Crippen LogP contribution in [0.2, 0.25) is 0 Å². The van der Waals surface area contributed by atoms with Crippen molar-refractivity contribution in [1.82, 2.24) is 4.98 Å². The smallest absolute Gasteiger partial charge is 0.137 e. The number of aromatic nitrogens is 1. The topological polar surface area (TPSA) is 42.4 Å². The van der Waals surface area contributed by atoms with Crippen LogP contribution in [0, 0.1) is 0 Å². The molecule has 0 saturated heterocycles. The van der Waals surface area contributed by atoms with Crippen molar-refractivity contribution in [1.29, 1.82) is 0 Å². The number of para-hydroxylation sites is 2. The molecule has 0 amide bonds. The number of anilines is 3. The van der Waals surface area contributed by atoms with Crippen LogP contribution in [0.25, 0.3) is 86.9 Å². The lowest BCUT2D eigenvalue weighted by atomic mass is 10.0. The van der Waals surface area contributed by atoms with Gasteiger partial charge < -0.3 is 13.7 Å². The molecule has 0 N–H and O–H groups in total.